The van der Waals surface area contributed by atoms with Crippen molar-refractivity contribution in [3.8, 4) is 11.5 Å². The molecule has 2 aromatic carbocycles. The molecule has 22 heavy (non-hydrogen) atoms. The van der Waals surface area contributed by atoms with Crippen LogP contribution in [0.1, 0.15) is 0 Å². The molecule has 3 aromatic rings. The molecule has 0 fully saturated rings. The van der Waals surface area contributed by atoms with Crippen LogP contribution in [0, 0.1) is 0 Å². The lowest BCUT2D eigenvalue weighted by atomic mass is 10.2. The van der Waals surface area contributed by atoms with Gasteiger partial charge in [0.05, 0.1) is 7.11 Å². The Bertz CT molecular complexity index is 747. The first-order valence-corrected chi connectivity index (χ1v) is 7.32. The molecule has 0 aliphatic carbocycles. The third kappa shape index (κ3) is 3.17. The number of methoxy groups -OCH3 is 1. The van der Waals surface area contributed by atoms with Gasteiger partial charge < -0.3 is 19.4 Å². The van der Waals surface area contributed by atoms with Gasteiger partial charge >= 0.3 is 0 Å². The highest BCUT2D eigenvalue weighted by Crippen LogP contribution is 2.20. The Balaban J connectivity index is 1.51. The van der Waals surface area contributed by atoms with E-state index in [-0.39, 0.29) is 0 Å². The molecule has 0 atom stereocenters. The molecular formula is C18H20N2O2. The van der Waals surface area contributed by atoms with Crippen LogP contribution in [-0.2, 0) is 7.05 Å². The van der Waals surface area contributed by atoms with Crippen LogP contribution in [0.4, 0.5) is 5.69 Å². The van der Waals surface area contributed by atoms with Crippen LogP contribution in [0.3, 0.4) is 0 Å². The minimum Gasteiger partial charge on any atom is -0.497 e. The third-order valence-electron chi connectivity index (χ3n) is 3.64. The highest BCUT2D eigenvalue weighted by atomic mass is 16.5. The summed E-state index contributed by atoms with van der Waals surface area (Å²) >= 11 is 0. The quantitative estimate of drug-likeness (QED) is 0.705. The molecule has 0 aliphatic rings. The highest BCUT2D eigenvalue weighted by molar-refractivity contribution is 5.83. The normalized spacial score (nSPS) is 10.6. The zero-order chi connectivity index (χ0) is 15.4. The van der Waals surface area contributed by atoms with Crippen molar-refractivity contribution in [3.63, 3.8) is 0 Å². The van der Waals surface area contributed by atoms with Crippen LogP contribution >= 0.6 is 0 Å². The number of nitrogens with one attached hydrogen (secondary N) is 1. The molecular weight excluding hydrogens is 276 g/mol. The minimum absolute atomic E-state index is 0.610. The number of anilines is 1. The topological polar surface area (TPSA) is 35.4 Å². The summed E-state index contributed by atoms with van der Waals surface area (Å²) in [6.45, 7) is 1.36. The summed E-state index contributed by atoms with van der Waals surface area (Å²) in [4.78, 5) is 0. The standard InChI is InChI=1S/C18H20N2O2/c1-20-11-9-14-13-15(3-8-18(14)20)19-10-12-22-17-6-4-16(21-2)5-7-17/h3-9,11,13,19H,10,12H2,1-2H3. The van der Waals surface area contributed by atoms with Crippen molar-refractivity contribution in [1.29, 1.82) is 0 Å². The van der Waals surface area contributed by atoms with Gasteiger partial charge in [-0.1, -0.05) is 0 Å². The zero-order valence-corrected chi connectivity index (χ0v) is 12.9. The van der Waals surface area contributed by atoms with Gasteiger partial charge in [0.2, 0.25) is 0 Å². The zero-order valence-electron chi connectivity index (χ0n) is 12.9. The van der Waals surface area contributed by atoms with Crippen LogP contribution in [0.25, 0.3) is 10.9 Å². The molecule has 0 aliphatic heterocycles. The number of nitrogens with zero attached hydrogens (tertiary/aromatic N) is 1. The molecule has 0 radical (unpaired) electrons. The Morgan fingerprint density at radius 1 is 1.00 bits per heavy atom. The van der Waals surface area contributed by atoms with E-state index in [1.54, 1.807) is 7.11 Å². The van der Waals surface area contributed by atoms with Crippen molar-refractivity contribution in [1.82, 2.24) is 4.57 Å². The van der Waals surface area contributed by atoms with Gasteiger partial charge in [0.1, 0.15) is 18.1 Å². The fourth-order valence-electron chi connectivity index (χ4n) is 2.43. The van der Waals surface area contributed by atoms with Crippen molar-refractivity contribution in [3.05, 3.63) is 54.7 Å². The number of hydrogen-bond donors (Lipinski definition) is 1. The third-order valence-corrected chi connectivity index (χ3v) is 3.64. The Kier molecular flexibility index (Phi) is 4.19. The highest BCUT2D eigenvalue weighted by Gasteiger charge is 2.00. The van der Waals surface area contributed by atoms with Crippen LogP contribution in [-0.4, -0.2) is 24.8 Å². The second-order valence-electron chi connectivity index (χ2n) is 5.15. The van der Waals surface area contributed by atoms with Crippen LogP contribution in [0.15, 0.2) is 54.7 Å². The van der Waals surface area contributed by atoms with E-state index in [2.05, 4.69) is 47.4 Å². The van der Waals surface area contributed by atoms with Gasteiger partial charge in [-0.15, -0.1) is 0 Å². The predicted molar refractivity (Wildman–Crippen MR) is 89.9 cm³/mol. The van der Waals surface area contributed by atoms with Gasteiger partial charge in [-0.25, -0.2) is 0 Å². The second-order valence-corrected chi connectivity index (χ2v) is 5.15. The van der Waals surface area contributed by atoms with E-state index in [4.69, 9.17) is 9.47 Å². The fraction of sp³-hybridized carbons (Fsp3) is 0.222. The Labute approximate surface area is 130 Å². The molecule has 3 rings (SSSR count). The maximum absolute atomic E-state index is 5.70. The number of ether oxygens (including phenoxy) is 2. The molecule has 1 N–H and O–H groups in total. The van der Waals surface area contributed by atoms with Gasteiger partial charge in [-0.05, 0) is 48.5 Å². The Morgan fingerprint density at radius 3 is 2.55 bits per heavy atom. The van der Waals surface area contributed by atoms with Crippen molar-refractivity contribution in [2.75, 3.05) is 25.6 Å². The number of aromatic nitrogens is 1. The molecule has 4 heteroatoms. The summed E-state index contributed by atoms with van der Waals surface area (Å²) in [5.74, 6) is 1.68. The number of rotatable bonds is 6. The summed E-state index contributed by atoms with van der Waals surface area (Å²) in [5, 5.41) is 4.62. The molecule has 0 saturated carbocycles. The summed E-state index contributed by atoms with van der Waals surface area (Å²) < 4.78 is 12.9. The van der Waals surface area contributed by atoms with E-state index in [1.165, 1.54) is 10.9 Å². The van der Waals surface area contributed by atoms with Crippen LogP contribution in [0.5, 0.6) is 11.5 Å². The van der Waals surface area contributed by atoms with Gasteiger partial charge in [0, 0.05) is 36.4 Å². The van der Waals surface area contributed by atoms with Gasteiger partial charge in [-0.2, -0.15) is 0 Å². The lowest BCUT2D eigenvalue weighted by Crippen LogP contribution is -2.11. The van der Waals surface area contributed by atoms with Crippen molar-refractivity contribution >= 4 is 16.6 Å². The summed E-state index contributed by atoms with van der Waals surface area (Å²) in [5.41, 5.74) is 2.34. The monoisotopic (exact) mass is 296 g/mol. The first-order valence-electron chi connectivity index (χ1n) is 7.32. The molecule has 0 bridgehead atoms. The predicted octanol–water partition coefficient (Wildman–Crippen LogP) is 3.68. The molecule has 1 aromatic heterocycles. The molecule has 0 saturated heterocycles. The van der Waals surface area contributed by atoms with Crippen molar-refractivity contribution < 1.29 is 9.47 Å². The fourth-order valence-corrected chi connectivity index (χ4v) is 2.43. The summed E-state index contributed by atoms with van der Waals surface area (Å²) in [7, 11) is 3.71. The van der Waals surface area contributed by atoms with Gasteiger partial charge in [0.25, 0.3) is 0 Å². The van der Waals surface area contributed by atoms with Gasteiger partial charge in [-0.3, -0.25) is 0 Å². The second kappa shape index (κ2) is 6.43. The largest absolute Gasteiger partial charge is 0.497 e. The molecule has 114 valence electrons. The first-order chi connectivity index (χ1) is 10.8. The average molecular weight is 296 g/mol. The maximum Gasteiger partial charge on any atom is 0.119 e. The summed E-state index contributed by atoms with van der Waals surface area (Å²) in [6.07, 6.45) is 2.07. The molecule has 4 nitrogen and oxygen atoms in total. The molecule has 0 unspecified atom stereocenters. The Morgan fingerprint density at radius 2 is 1.77 bits per heavy atom. The van der Waals surface area contributed by atoms with E-state index in [1.807, 2.05) is 24.3 Å². The number of benzene rings is 2. The van der Waals surface area contributed by atoms with E-state index < -0.39 is 0 Å². The Hall–Kier alpha value is -2.62. The molecule has 0 spiro atoms. The van der Waals surface area contributed by atoms with E-state index >= 15 is 0 Å². The van der Waals surface area contributed by atoms with Crippen molar-refractivity contribution in [2.24, 2.45) is 7.05 Å². The lowest BCUT2D eigenvalue weighted by molar-refractivity contribution is 0.332. The smallest absolute Gasteiger partial charge is 0.119 e. The van der Waals surface area contributed by atoms with Crippen LogP contribution in [0.2, 0.25) is 0 Å². The number of aryl methyl sites for hydroxylation is 1. The maximum atomic E-state index is 5.70. The van der Waals surface area contributed by atoms with Gasteiger partial charge in [0.15, 0.2) is 0 Å². The van der Waals surface area contributed by atoms with E-state index in [9.17, 15) is 0 Å². The first kappa shape index (κ1) is 14.3. The van der Waals surface area contributed by atoms with Crippen molar-refractivity contribution in [2.45, 2.75) is 0 Å². The number of hydrogen-bond acceptors (Lipinski definition) is 3. The molecule has 1 heterocycles. The number of fused-ring (bicyclic) bond motifs is 1. The average Bonchev–Trinajstić information content (AvgIpc) is 2.93. The SMILES string of the molecule is COc1ccc(OCCNc2ccc3c(ccn3C)c2)cc1. The molecule has 0 amide bonds. The van der Waals surface area contributed by atoms with E-state index in [0.29, 0.717) is 6.61 Å². The minimum atomic E-state index is 0.610. The summed E-state index contributed by atoms with van der Waals surface area (Å²) in [6, 6.07) is 16.1. The van der Waals surface area contributed by atoms with Crippen LogP contribution < -0.4 is 14.8 Å². The van der Waals surface area contributed by atoms with E-state index in [0.717, 1.165) is 23.7 Å². The lowest BCUT2D eigenvalue weighted by Gasteiger charge is -2.09.